The second-order valence-electron chi connectivity index (χ2n) is 31.8. The van der Waals surface area contributed by atoms with Crippen molar-refractivity contribution in [1.82, 2.24) is 9.13 Å². The van der Waals surface area contributed by atoms with Crippen LogP contribution in [0.5, 0.6) is 0 Å². The Bertz CT molecular complexity index is 5250. The number of aromatic nitrogens is 2. The van der Waals surface area contributed by atoms with Crippen LogP contribution in [0.2, 0.25) is 0 Å². The summed E-state index contributed by atoms with van der Waals surface area (Å²) in [7, 11) is 0. The van der Waals surface area contributed by atoms with Crippen molar-refractivity contribution >= 4 is 101 Å². The van der Waals surface area contributed by atoms with Gasteiger partial charge in [0.2, 0.25) is 0 Å². The van der Waals surface area contributed by atoms with Gasteiger partial charge < -0.3 is 18.9 Å². The zero-order chi connectivity index (χ0) is 68.0. The number of hydrogen-bond acceptors (Lipinski definition) is 2. The van der Waals surface area contributed by atoms with Gasteiger partial charge in [-0.3, -0.25) is 0 Å². The minimum absolute atomic E-state index is 0.0877. The van der Waals surface area contributed by atoms with Crippen LogP contribution in [0, 0.1) is 0 Å². The molecule has 2 aliphatic rings. The van der Waals surface area contributed by atoms with Gasteiger partial charge in [-0.1, -0.05) is 295 Å². The van der Waals surface area contributed by atoms with Crippen molar-refractivity contribution in [3.63, 3.8) is 0 Å². The number of anilines is 6. The number of hydrogen-bond donors (Lipinski definition) is 0. The molecule has 0 unspecified atom stereocenters. The molecule has 5 heteroatoms. The van der Waals surface area contributed by atoms with E-state index in [0.29, 0.717) is 0 Å². The largest absolute Gasteiger partial charge is 0.311 e. The molecule has 0 aliphatic carbocycles. The summed E-state index contributed by atoms with van der Waals surface area (Å²) in [5.74, 6) is 0. The third-order valence-corrected chi connectivity index (χ3v) is 21.3. The summed E-state index contributed by atoms with van der Waals surface area (Å²) in [6, 6.07) is 109. The zero-order valence-corrected chi connectivity index (χ0v) is 59.0. The van der Waals surface area contributed by atoms with Gasteiger partial charge in [-0.25, -0.2) is 0 Å². The molecule has 2 aromatic heterocycles. The van der Waals surface area contributed by atoms with E-state index in [-0.39, 0.29) is 28.4 Å². The van der Waals surface area contributed by atoms with Gasteiger partial charge in [0, 0.05) is 66.5 Å². The highest BCUT2D eigenvalue weighted by Gasteiger charge is 2.45. The summed E-state index contributed by atoms with van der Waals surface area (Å²) in [5, 5.41) is 4.97. The highest BCUT2D eigenvalue weighted by Crippen LogP contribution is 2.51. The summed E-state index contributed by atoms with van der Waals surface area (Å²) in [4.78, 5) is 5.28. The molecule has 0 N–H and O–H groups in total. The molecule has 482 valence electrons. The molecular weight excluding hydrogens is 1200 g/mol. The predicted octanol–water partition coefficient (Wildman–Crippen LogP) is 23.8. The second kappa shape index (κ2) is 22.9. The first-order valence-corrected chi connectivity index (χ1v) is 35.4. The third kappa shape index (κ3) is 10.2. The van der Waals surface area contributed by atoms with E-state index >= 15 is 0 Å². The smallest absolute Gasteiger partial charge is 0.252 e. The maximum absolute atomic E-state index is 2.64. The van der Waals surface area contributed by atoms with Crippen molar-refractivity contribution in [2.24, 2.45) is 0 Å². The van der Waals surface area contributed by atoms with Gasteiger partial charge in [0.25, 0.3) is 6.71 Å². The summed E-state index contributed by atoms with van der Waals surface area (Å²) >= 11 is 0. The van der Waals surface area contributed by atoms with Gasteiger partial charge in [0.05, 0.1) is 44.8 Å². The molecule has 0 saturated carbocycles. The van der Waals surface area contributed by atoms with Crippen LogP contribution in [0.15, 0.2) is 285 Å². The van der Waals surface area contributed by atoms with E-state index in [4.69, 9.17) is 0 Å². The van der Waals surface area contributed by atoms with Crippen LogP contribution < -0.4 is 26.2 Å². The molecule has 4 heterocycles. The van der Waals surface area contributed by atoms with Gasteiger partial charge in [-0.2, -0.15) is 0 Å². The van der Waals surface area contributed by atoms with Gasteiger partial charge in [-0.05, 0) is 155 Å². The first kappa shape index (κ1) is 61.7. The topological polar surface area (TPSA) is 16.3 Å². The summed E-state index contributed by atoms with van der Waals surface area (Å²) in [6.45, 7) is 28.0. The molecule has 0 spiro atoms. The van der Waals surface area contributed by atoms with Gasteiger partial charge in [0.15, 0.2) is 0 Å². The molecule has 15 aromatic rings. The monoisotopic (exact) mass is 1280 g/mol. The average Bonchev–Trinajstić information content (AvgIpc) is 1.48. The fraction of sp³-hybridized carbons (Fsp3) is 0.170. The lowest BCUT2D eigenvalue weighted by Crippen LogP contribution is -2.61. The summed E-state index contributed by atoms with van der Waals surface area (Å²) in [6.07, 6.45) is 0. The number of nitrogens with zero attached hydrogens (tertiary/aromatic N) is 4. The standard InChI is InChI=1S/C94H83BN4/c1-91(2,3)64-52-62(53-65(58-64)92(4,5)6)70-32-15-23-40-80(70)98-86-46-29-47-87-90(86)95(76-50-48-60(56-88(76)98)68-30-13-21-38-78(68)96-82-42-25-17-34-72(82)73-35-18-26-43-83(73)96)77-51-49-61(69-31-14-22-39-79(69)97-84-44-27-19-36-74(84)75-37-20-28-45-85(75)97)57-89(77)99(87)81-41-24-16-33-71(81)63-54-66(93(7,8)9)59-67(55-63)94(10,11)12/h13-59H,1-12H3. The average molecular weight is 1280 g/mol. The molecule has 4 nitrogen and oxygen atoms in total. The van der Waals surface area contributed by atoms with Gasteiger partial charge >= 0.3 is 0 Å². The summed E-state index contributed by atoms with van der Waals surface area (Å²) in [5.41, 5.74) is 32.1. The Morgan fingerprint density at radius 3 is 0.818 bits per heavy atom. The van der Waals surface area contributed by atoms with E-state index in [0.717, 1.165) is 67.8 Å². The highest BCUT2D eigenvalue weighted by atomic mass is 15.2. The van der Waals surface area contributed by atoms with Crippen LogP contribution in [0.1, 0.15) is 105 Å². The van der Waals surface area contributed by atoms with E-state index < -0.39 is 0 Å². The molecule has 0 saturated heterocycles. The number of para-hydroxylation sites is 8. The predicted molar refractivity (Wildman–Crippen MR) is 426 cm³/mol. The quantitative estimate of drug-likeness (QED) is 0.141. The first-order chi connectivity index (χ1) is 47.7. The first-order valence-electron chi connectivity index (χ1n) is 35.4. The number of fused-ring (bicyclic) bond motifs is 10. The molecule has 0 amide bonds. The van der Waals surface area contributed by atoms with Crippen LogP contribution in [0.4, 0.5) is 34.1 Å². The maximum atomic E-state index is 2.64. The van der Waals surface area contributed by atoms with Crippen LogP contribution in [0.25, 0.3) is 99.5 Å². The minimum Gasteiger partial charge on any atom is -0.311 e. The molecule has 99 heavy (non-hydrogen) atoms. The lowest BCUT2D eigenvalue weighted by molar-refractivity contribution is 0.568. The molecule has 0 bridgehead atoms. The maximum Gasteiger partial charge on any atom is 0.252 e. The molecule has 0 atom stereocenters. The molecular formula is C94H83BN4. The van der Waals surface area contributed by atoms with Crippen molar-refractivity contribution in [1.29, 1.82) is 0 Å². The zero-order valence-electron chi connectivity index (χ0n) is 59.0. The van der Waals surface area contributed by atoms with E-state index in [1.807, 2.05) is 0 Å². The van der Waals surface area contributed by atoms with Crippen molar-refractivity contribution in [2.75, 3.05) is 9.80 Å². The van der Waals surface area contributed by atoms with Crippen molar-refractivity contribution in [3.05, 3.63) is 307 Å². The lowest BCUT2D eigenvalue weighted by Gasteiger charge is -2.45. The van der Waals surface area contributed by atoms with E-state index in [9.17, 15) is 0 Å². The van der Waals surface area contributed by atoms with Crippen LogP contribution >= 0.6 is 0 Å². The minimum atomic E-state index is -0.162. The van der Waals surface area contributed by atoms with Crippen molar-refractivity contribution < 1.29 is 0 Å². The Morgan fingerprint density at radius 1 is 0.222 bits per heavy atom. The highest BCUT2D eigenvalue weighted by molar-refractivity contribution is 7.00. The fourth-order valence-electron chi connectivity index (χ4n) is 16.1. The van der Waals surface area contributed by atoms with E-state index in [2.05, 4.69) is 387 Å². The third-order valence-electron chi connectivity index (χ3n) is 21.3. The molecule has 13 aromatic carbocycles. The lowest BCUT2D eigenvalue weighted by atomic mass is 9.33. The van der Waals surface area contributed by atoms with Crippen molar-refractivity contribution in [3.8, 4) is 55.9 Å². The Labute approximate surface area is 584 Å². The van der Waals surface area contributed by atoms with E-state index in [1.165, 1.54) is 105 Å². The molecule has 2 aliphatic heterocycles. The van der Waals surface area contributed by atoms with Crippen LogP contribution in [0.3, 0.4) is 0 Å². The summed E-state index contributed by atoms with van der Waals surface area (Å²) < 4.78 is 4.96. The SMILES string of the molecule is CC(C)(C)c1cc(-c2ccccc2N2c3cc(-c4ccccc4-n4c5ccccc5c5ccccc54)ccc3B3c4ccc(-c5ccccc5-n5c6ccccc6c6ccccc65)cc4N(c4ccccc4-c4cc(C(C)(C)C)cc(C(C)(C)C)c4)c4cccc2c43)cc(C(C)(C)C)c1. The molecule has 0 fully saturated rings. The van der Waals surface area contributed by atoms with Gasteiger partial charge in [0.1, 0.15) is 0 Å². The number of rotatable bonds is 8. The van der Waals surface area contributed by atoms with Crippen LogP contribution in [-0.4, -0.2) is 15.8 Å². The van der Waals surface area contributed by atoms with Crippen LogP contribution in [-0.2, 0) is 21.7 Å². The normalized spacial score (nSPS) is 13.2. The van der Waals surface area contributed by atoms with E-state index in [1.54, 1.807) is 0 Å². The molecule has 17 rings (SSSR count). The molecule has 0 radical (unpaired) electrons. The fourth-order valence-corrected chi connectivity index (χ4v) is 16.1. The Morgan fingerprint density at radius 2 is 0.495 bits per heavy atom. The Balaban J connectivity index is 0.955. The Hall–Kier alpha value is -10.9. The Kier molecular flexibility index (Phi) is 14.2. The van der Waals surface area contributed by atoms with Gasteiger partial charge in [-0.15, -0.1) is 0 Å². The second-order valence-corrected chi connectivity index (χ2v) is 31.8. The number of benzene rings is 13. The van der Waals surface area contributed by atoms with Crippen molar-refractivity contribution in [2.45, 2.75) is 105 Å².